The maximum atomic E-state index is 6.14. The van der Waals surface area contributed by atoms with Crippen LogP contribution in [-0.4, -0.2) is 12.7 Å². The van der Waals surface area contributed by atoms with E-state index in [1.165, 1.54) is 19.3 Å². The molecule has 0 aliphatic heterocycles. The van der Waals surface area contributed by atoms with Crippen LogP contribution in [0.2, 0.25) is 0 Å². The largest absolute Gasteiger partial charge is 0.377 e. The Morgan fingerprint density at radius 3 is 2.33 bits per heavy atom. The lowest BCUT2D eigenvalue weighted by molar-refractivity contribution is -0.0552. The van der Waals surface area contributed by atoms with Crippen molar-refractivity contribution in [2.75, 3.05) is 6.61 Å². The minimum atomic E-state index is 0.437. The fraction of sp³-hybridized carbons (Fsp3) is 1.00. The summed E-state index contributed by atoms with van der Waals surface area (Å²) in [4.78, 5) is 0. The van der Waals surface area contributed by atoms with Gasteiger partial charge in [0.15, 0.2) is 0 Å². The molecule has 0 spiro atoms. The molecule has 88 valence electrons. The molecule has 0 aromatic carbocycles. The van der Waals surface area contributed by atoms with Gasteiger partial charge in [0, 0.05) is 6.61 Å². The summed E-state index contributed by atoms with van der Waals surface area (Å²) in [5.41, 5.74) is 0.932. The summed E-state index contributed by atoms with van der Waals surface area (Å²) in [7, 11) is 0. The molecule has 2 bridgehead atoms. The SMILES string of the molecule is CC(C)COC1C[C@H]2CC[C@@]1(C)C2(C)C. The molecule has 1 nitrogen and oxygen atoms in total. The van der Waals surface area contributed by atoms with E-state index >= 15 is 0 Å². The van der Waals surface area contributed by atoms with Crippen LogP contribution in [-0.2, 0) is 4.74 Å². The van der Waals surface area contributed by atoms with Crippen LogP contribution < -0.4 is 0 Å². The molecule has 0 saturated heterocycles. The van der Waals surface area contributed by atoms with Gasteiger partial charge >= 0.3 is 0 Å². The average Bonchev–Trinajstić information content (AvgIpc) is 2.46. The summed E-state index contributed by atoms with van der Waals surface area (Å²) >= 11 is 0. The molecular formula is C14H26O. The van der Waals surface area contributed by atoms with Crippen molar-refractivity contribution in [3.05, 3.63) is 0 Å². The van der Waals surface area contributed by atoms with Gasteiger partial charge in [-0.15, -0.1) is 0 Å². The summed E-state index contributed by atoms with van der Waals surface area (Å²) < 4.78 is 6.14. The number of hydrogen-bond acceptors (Lipinski definition) is 1. The predicted octanol–water partition coefficient (Wildman–Crippen LogP) is 3.87. The molecule has 0 aromatic heterocycles. The molecule has 0 radical (unpaired) electrons. The zero-order valence-corrected chi connectivity index (χ0v) is 11.0. The predicted molar refractivity (Wildman–Crippen MR) is 63.8 cm³/mol. The van der Waals surface area contributed by atoms with Crippen LogP contribution in [0, 0.1) is 22.7 Å². The number of fused-ring (bicyclic) bond motifs is 2. The van der Waals surface area contributed by atoms with Crippen LogP contribution in [0.3, 0.4) is 0 Å². The average molecular weight is 210 g/mol. The van der Waals surface area contributed by atoms with E-state index in [0.717, 1.165) is 12.5 Å². The standard InChI is InChI=1S/C14H26O/c1-10(2)9-15-12-8-11-6-7-14(12,5)13(11,3)4/h10-12H,6-9H2,1-5H3/t11-,12?,14-/m1/s1. The molecule has 2 rings (SSSR count). The smallest absolute Gasteiger partial charge is 0.0636 e. The molecule has 2 fully saturated rings. The van der Waals surface area contributed by atoms with E-state index in [1.54, 1.807) is 0 Å². The molecule has 0 N–H and O–H groups in total. The molecule has 0 amide bonds. The van der Waals surface area contributed by atoms with Gasteiger partial charge in [0.2, 0.25) is 0 Å². The van der Waals surface area contributed by atoms with Crippen LogP contribution in [0.25, 0.3) is 0 Å². The highest BCUT2D eigenvalue weighted by Gasteiger charge is 2.61. The molecule has 3 atom stereocenters. The van der Waals surface area contributed by atoms with Gasteiger partial charge in [-0.05, 0) is 41.9 Å². The number of hydrogen-bond donors (Lipinski definition) is 0. The van der Waals surface area contributed by atoms with E-state index in [2.05, 4.69) is 34.6 Å². The first-order chi connectivity index (χ1) is 6.88. The third kappa shape index (κ3) is 1.54. The lowest BCUT2D eigenvalue weighted by Crippen LogP contribution is -2.37. The highest BCUT2D eigenvalue weighted by molar-refractivity contribution is 5.11. The van der Waals surface area contributed by atoms with Crippen molar-refractivity contribution < 1.29 is 4.74 Å². The van der Waals surface area contributed by atoms with Crippen molar-refractivity contribution >= 4 is 0 Å². The zero-order chi connectivity index (χ0) is 11.3. The molecule has 1 unspecified atom stereocenters. The van der Waals surface area contributed by atoms with Crippen molar-refractivity contribution in [1.82, 2.24) is 0 Å². The Morgan fingerprint density at radius 1 is 1.27 bits per heavy atom. The molecule has 0 aromatic rings. The highest BCUT2D eigenvalue weighted by Crippen LogP contribution is 2.66. The lowest BCUT2D eigenvalue weighted by Gasteiger charge is -2.39. The molecule has 2 aliphatic carbocycles. The van der Waals surface area contributed by atoms with Gasteiger partial charge in [-0.3, -0.25) is 0 Å². The minimum Gasteiger partial charge on any atom is -0.377 e. The van der Waals surface area contributed by atoms with Gasteiger partial charge in [-0.2, -0.15) is 0 Å². The van der Waals surface area contributed by atoms with Gasteiger partial charge in [-0.25, -0.2) is 0 Å². The van der Waals surface area contributed by atoms with Gasteiger partial charge < -0.3 is 4.74 Å². The topological polar surface area (TPSA) is 9.23 Å². The second-order valence-corrected chi connectivity index (χ2v) is 6.83. The maximum absolute atomic E-state index is 6.14. The first kappa shape index (κ1) is 11.4. The van der Waals surface area contributed by atoms with Gasteiger partial charge in [0.1, 0.15) is 0 Å². The quantitative estimate of drug-likeness (QED) is 0.687. The van der Waals surface area contributed by atoms with E-state index in [4.69, 9.17) is 4.74 Å². The molecule has 1 heteroatoms. The van der Waals surface area contributed by atoms with E-state index in [9.17, 15) is 0 Å². The number of rotatable bonds is 3. The van der Waals surface area contributed by atoms with E-state index in [1.807, 2.05) is 0 Å². The summed E-state index contributed by atoms with van der Waals surface area (Å²) in [5, 5.41) is 0. The van der Waals surface area contributed by atoms with Crippen LogP contribution in [0.4, 0.5) is 0 Å². The zero-order valence-electron chi connectivity index (χ0n) is 11.0. The molecule has 2 aliphatic rings. The second kappa shape index (κ2) is 3.48. The van der Waals surface area contributed by atoms with E-state index in [-0.39, 0.29) is 0 Å². The van der Waals surface area contributed by atoms with Crippen molar-refractivity contribution in [2.24, 2.45) is 22.7 Å². The third-order valence-electron chi connectivity index (χ3n) is 5.34. The summed E-state index contributed by atoms with van der Waals surface area (Å²) in [6.07, 6.45) is 4.61. The van der Waals surface area contributed by atoms with Gasteiger partial charge in [-0.1, -0.05) is 34.6 Å². The Kier molecular flexibility index (Phi) is 2.65. The fourth-order valence-corrected chi connectivity index (χ4v) is 3.69. The van der Waals surface area contributed by atoms with Crippen molar-refractivity contribution in [3.63, 3.8) is 0 Å². The molecule has 2 saturated carbocycles. The molecule has 0 heterocycles. The molecule has 15 heavy (non-hydrogen) atoms. The Balaban J connectivity index is 2.06. The minimum absolute atomic E-state index is 0.437. The summed E-state index contributed by atoms with van der Waals surface area (Å²) in [6.45, 7) is 12.8. The first-order valence-electron chi connectivity index (χ1n) is 6.49. The lowest BCUT2D eigenvalue weighted by atomic mass is 9.70. The van der Waals surface area contributed by atoms with Crippen molar-refractivity contribution in [3.8, 4) is 0 Å². The Bertz CT molecular complexity index is 244. The maximum Gasteiger partial charge on any atom is 0.0636 e. The Labute approximate surface area is 94.6 Å². The van der Waals surface area contributed by atoms with Crippen LogP contribution in [0.15, 0.2) is 0 Å². The van der Waals surface area contributed by atoms with Gasteiger partial charge in [0.25, 0.3) is 0 Å². The third-order valence-corrected chi connectivity index (χ3v) is 5.34. The van der Waals surface area contributed by atoms with E-state index < -0.39 is 0 Å². The number of ether oxygens (including phenoxy) is 1. The Morgan fingerprint density at radius 2 is 1.93 bits per heavy atom. The summed E-state index contributed by atoms with van der Waals surface area (Å²) in [5.74, 6) is 1.57. The van der Waals surface area contributed by atoms with Crippen LogP contribution in [0.5, 0.6) is 0 Å². The van der Waals surface area contributed by atoms with Crippen molar-refractivity contribution in [2.45, 2.75) is 60.0 Å². The summed E-state index contributed by atoms with van der Waals surface area (Å²) in [6, 6.07) is 0. The highest BCUT2D eigenvalue weighted by atomic mass is 16.5. The van der Waals surface area contributed by atoms with Gasteiger partial charge in [0.05, 0.1) is 6.10 Å². The van der Waals surface area contributed by atoms with E-state index in [0.29, 0.717) is 22.9 Å². The van der Waals surface area contributed by atoms with Crippen molar-refractivity contribution in [1.29, 1.82) is 0 Å². The monoisotopic (exact) mass is 210 g/mol. The fourth-order valence-electron chi connectivity index (χ4n) is 3.69. The normalized spacial score (nSPS) is 42.8. The van der Waals surface area contributed by atoms with Crippen LogP contribution in [0.1, 0.15) is 53.9 Å². The Hall–Kier alpha value is -0.0400. The molecular weight excluding hydrogens is 184 g/mol. The van der Waals surface area contributed by atoms with Crippen LogP contribution >= 0.6 is 0 Å². The first-order valence-corrected chi connectivity index (χ1v) is 6.49. The second-order valence-electron chi connectivity index (χ2n) is 6.83.